The molecule has 0 spiro atoms. The van der Waals surface area contributed by atoms with Crippen LogP contribution >= 0.6 is 0 Å². The fourth-order valence-electron chi connectivity index (χ4n) is 3.83. The van der Waals surface area contributed by atoms with E-state index in [1.807, 2.05) is 4.90 Å². The summed E-state index contributed by atoms with van der Waals surface area (Å²) >= 11 is 0. The lowest BCUT2D eigenvalue weighted by atomic mass is 9.87. The number of nitrogens with zero attached hydrogens (tertiary/aromatic N) is 2. The number of primary amides is 1. The molecule has 0 aliphatic heterocycles. The highest BCUT2D eigenvalue weighted by molar-refractivity contribution is 5.96. The lowest BCUT2D eigenvalue weighted by Gasteiger charge is -2.40. The number of carbonyl (C=O) groups excluding carboxylic acids is 1. The Hall–Kier alpha value is -3.13. The van der Waals surface area contributed by atoms with Gasteiger partial charge in [0.1, 0.15) is 11.4 Å². The summed E-state index contributed by atoms with van der Waals surface area (Å²) in [6.45, 7) is 0.382. The molecular weight excluding hydrogens is 395 g/mol. The van der Waals surface area contributed by atoms with Crippen molar-refractivity contribution in [2.45, 2.75) is 31.4 Å². The number of fused-ring (bicyclic) bond motifs is 1. The third-order valence-corrected chi connectivity index (χ3v) is 5.56. The third-order valence-electron chi connectivity index (χ3n) is 5.56. The Bertz CT molecular complexity index is 1180. The predicted molar refractivity (Wildman–Crippen MR) is 107 cm³/mol. The van der Waals surface area contributed by atoms with Crippen molar-refractivity contribution in [3.8, 4) is 5.69 Å². The second-order valence-electron chi connectivity index (χ2n) is 7.77. The van der Waals surface area contributed by atoms with Crippen LogP contribution in [0.2, 0.25) is 0 Å². The van der Waals surface area contributed by atoms with Crippen molar-refractivity contribution in [2.24, 2.45) is 5.73 Å². The quantitative estimate of drug-likeness (QED) is 0.694. The summed E-state index contributed by atoms with van der Waals surface area (Å²) in [5.41, 5.74) is 6.55. The van der Waals surface area contributed by atoms with Crippen LogP contribution in [-0.2, 0) is 6.54 Å². The summed E-state index contributed by atoms with van der Waals surface area (Å²) < 4.78 is 41.3. The molecule has 1 saturated carbocycles. The predicted octanol–water partition coefficient (Wildman–Crippen LogP) is 3.46. The number of pyridine rings is 1. The van der Waals surface area contributed by atoms with Gasteiger partial charge in [-0.05, 0) is 49.0 Å². The molecule has 8 heteroatoms. The number of carbonyl (C=O) groups is 1. The fourth-order valence-corrected chi connectivity index (χ4v) is 3.83. The molecule has 0 atom stereocenters. The van der Waals surface area contributed by atoms with E-state index in [9.17, 15) is 22.8 Å². The van der Waals surface area contributed by atoms with Gasteiger partial charge in [-0.3, -0.25) is 14.5 Å². The molecule has 0 unspecified atom stereocenters. The molecule has 0 bridgehead atoms. The number of hydrogen-bond donors (Lipinski definition) is 1. The van der Waals surface area contributed by atoms with E-state index in [2.05, 4.69) is 0 Å². The molecule has 0 radical (unpaired) electrons. The van der Waals surface area contributed by atoms with Gasteiger partial charge in [0.25, 0.3) is 11.8 Å². The van der Waals surface area contributed by atoms with Crippen molar-refractivity contribution in [1.29, 1.82) is 0 Å². The highest BCUT2D eigenvalue weighted by Gasteiger charge is 2.46. The SMILES string of the molecule is CN(Cc1ccc2c(c1)c(=O)c(C(N)=O)cn2-c1ccc(F)cc1)C1CC(F)(F)C1. The minimum atomic E-state index is -2.61. The lowest BCUT2D eigenvalue weighted by Crippen LogP contribution is -2.48. The summed E-state index contributed by atoms with van der Waals surface area (Å²) in [4.78, 5) is 26.5. The highest BCUT2D eigenvalue weighted by Crippen LogP contribution is 2.40. The lowest BCUT2D eigenvalue weighted by molar-refractivity contribution is -0.121. The molecule has 1 aliphatic carbocycles. The number of benzene rings is 2. The van der Waals surface area contributed by atoms with E-state index in [0.29, 0.717) is 17.7 Å². The Balaban J connectivity index is 1.77. The van der Waals surface area contributed by atoms with Crippen molar-refractivity contribution in [1.82, 2.24) is 9.47 Å². The maximum atomic E-state index is 13.3. The van der Waals surface area contributed by atoms with E-state index in [4.69, 9.17) is 5.73 Å². The zero-order chi connectivity index (χ0) is 21.6. The first-order valence-corrected chi connectivity index (χ1v) is 9.47. The number of amides is 1. The van der Waals surface area contributed by atoms with E-state index in [0.717, 1.165) is 5.56 Å². The third kappa shape index (κ3) is 3.70. The fraction of sp³-hybridized carbons (Fsp3) is 0.273. The van der Waals surface area contributed by atoms with Crippen LogP contribution in [0.5, 0.6) is 0 Å². The largest absolute Gasteiger partial charge is 0.365 e. The normalized spacial score (nSPS) is 16.0. The maximum absolute atomic E-state index is 13.3. The van der Waals surface area contributed by atoms with Crippen LogP contribution in [0, 0.1) is 5.82 Å². The molecule has 0 saturated heterocycles. The van der Waals surface area contributed by atoms with Crippen LogP contribution in [0.25, 0.3) is 16.6 Å². The number of hydrogen-bond acceptors (Lipinski definition) is 3. The average molecular weight is 415 g/mol. The monoisotopic (exact) mass is 415 g/mol. The Labute approximate surface area is 170 Å². The molecule has 1 aliphatic rings. The Morgan fingerprint density at radius 1 is 1.20 bits per heavy atom. The standard InChI is InChI=1S/C22H20F3N3O2/c1-27(16-9-22(24,25)10-16)11-13-2-7-19-17(8-13)20(29)18(21(26)30)12-28(19)15-5-3-14(23)4-6-15/h2-8,12,16H,9-11H2,1H3,(H2,26,30). The van der Waals surface area contributed by atoms with Crippen LogP contribution in [0.15, 0.2) is 53.5 Å². The molecule has 2 aromatic carbocycles. The number of rotatable bonds is 5. The van der Waals surface area contributed by atoms with Crippen molar-refractivity contribution in [2.75, 3.05) is 7.05 Å². The number of nitrogens with two attached hydrogens (primary N) is 1. The van der Waals surface area contributed by atoms with Crippen LogP contribution in [-0.4, -0.2) is 34.4 Å². The first kappa shape index (κ1) is 20.2. The number of alkyl halides is 2. The zero-order valence-electron chi connectivity index (χ0n) is 16.2. The van der Waals surface area contributed by atoms with E-state index >= 15 is 0 Å². The van der Waals surface area contributed by atoms with Gasteiger partial charge in [-0.15, -0.1) is 0 Å². The van der Waals surface area contributed by atoms with Crippen molar-refractivity contribution < 1.29 is 18.0 Å². The van der Waals surface area contributed by atoms with Gasteiger partial charge >= 0.3 is 0 Å². The smallest absolute Gasteiger partial charge is 0.254 e. The Kier molecular flexibility index (Phi) is 4.89. The van der Waals surface area contributed by atoms with Gasteiger partial charge < -0.3 is 10.3 Å². The second kappa shape index (κ2) is 7.28. The molecule has 1 fully saturated rings. The molecule has 3 aromatic rings. The number of aromatic nitrogens is 1. The van der Waals surface area contributed by atoms with Crippen molar-refractivity contribution in [3.05, 3.63) is 75.8 Å². The Morgan fingerprint density at radius 3 is 2.47 bits per heavy atom. The second-order valence-corrected chi connectivity index (χ2v) is 7.77. The minimum absolute atomic E-state index is 0.180. The van der Waals surface area contributed by atoms with E-state index in [1.54, 1.807) is 29.8 Å². The maximum Gasteiger partial charge on any atom is 0.254 e. The summed E-state index contributed by atoms with van der Waals surface area (Å²) in [6.07, 6.45) is 0.989. The van der Waals surface area contributed by atoms with Crippen molar-refractivity contribution in [3.63, 3.8) is 0 Å². The van der Waals surface area contributed by atoms with E-state index in [1.165, 1.54) is 30.5 Å². The van der Waals surface area contributed by atoms with Gasteiger partial charge in [-0.2, -0.15) is 0 Å². The van der Waals surface area contributed by atoms with Gasteiger partial charge in [0.15, 0.2) is 0 Å². The van der Waals surface area contributed by atoms with Gasteiger partial charge in [0, 0.05) is 42.7 Å². The molecule has 1 aromatic heterocycles. The zero-order valence-corrected chi connectivity index (χ0v) is 16.2. The van der Waals surface area contributed by atoms with Gasteiger partial charge in [-0.1, -0.05) is 6.07 Å². The number of halogens is 3. The summed E-state index contributed by atoms with van der Waals surface area (Å²) in [7, 11) is 1.76. The highest BCUT2D eigenvalue weighted by atomic mass is 19.3. The molecule has 1 amide bonds. The van der Waals surface area contributed by atoms with Crippen LogP contribution < -0.4 is 11.2 Å². The molecule has 2 N–H and O–H groups in total. The summed E-state index contributed by atoms with van der Waals surface area (Å²) in [5, 5.41) is 0.278. The van der Waals surface area contributed by atoms with Gasteiger partial charge in [0.2, 0.25) is 5.43 Å². The van der Waals surface area contributed by atoms with Gasteiger partial charge in [0.05, 0.1) is 5.52 Å². The van der Waals surface area contributed by atoms with Crippen LogP contribution in [0.4, 0.5) is 13.2 Å². The van der Waals surface area contributed by atoms with E-state index < -0.39 is 23.1 Å². The van der Waals surface area contributed by atoms with Crippen LogP contribution in [0.1, 0.15) is 28.8 Å². The van der Waals surface area contributed by atoms with Crippen LogP contribution in [0.3, 0.4) is 0 Å². The molecule has 156 valence electrons. The average Bonchev–Trinajstić information content (AvgIpc) is 2.67. The Morgan fingerprint density at radius 2 is 1.87 bits per heavy atom. The topological polar surface area (TPSA) is 68.3 Å². The molecule has 30 heavy (non-hydrogen) atoms. The van der Waals surface area contributed by atoms with Gasteiger partial charge in [-0.25, -0.2) is 13.2 Å². The molecule has 1 heterocycles. The van der Waals surface area contributed by atoms with Crippen molar-refractivity contribution >= 4 is 16.8 Å². The first-order chi connectivity index (χ1) is 14.1. The molecule has 5 nitrogen and oxygen atoms in total. The molecular formula is C22H20F3N3O2. The molecule has 4 rings (SSSR count). The summed E-state index contributed by atoms with van der Waals surface area (Å²) in [6, 6.07) is 10.6. The summed E-state index contributed by atoms with van der Waals surface area (Å²) in [5.74, 6) is -3.88. The minimum Gasteiger partial charge on any atom is -0.365 e. The van der Waals surface area contributed by atoms with E-state index in [-0.39, 0.29) is 29.8 Å². The first-order valence-electron chi connectivity index (χ1n) is 9.47.